The van der Waals surface area contributed by atoms with Gasteiger partial charge >= 0.3 is 5.97 Å². The summed E-state index contributed by atoms with van der Waals surface area (Å²) in [5.41, 5.74) is 0.571. The molecule has 2 rings (SSSR count). The first-order valence-electron chi connectivity index (χ1n) is 5.47. The molecule has 2 atom stereocenters. The number of nitrogens with zero attached hydrogens (tertiary/aromatic N) is 2. The van der Waals surface area contributed by atoms with E-state index in [9.17, 15) is 18.3 Å². The Morgan fingerprint density at radius 2 is 2.10 bits per heavy atom. The lowest BCUT2D eigenvalue weighted by molar-refractivity contribution is -0.141. The minimum absolute atomic E-state index is 0.166. The second kappa shape index (κ2) is 5.40. The summed E-state index contributed by atoms with van der Waals surface area (Å²) >= 11 is 0.857. The van der Waals surface area contributed by atoms with Crippen LogP contribution in [0.25, 0.3) is 0 Å². The van der Waals surface area contributed by atoms with Crippen molar-refractivity contribution in [2.45, 2.75) is 24.0 Å². The molecule has 0 aliphatic carbocycles. The lowest BCUT2D eigenvalue weighted by atomic mass is 10.2. The monoisotopic (exact) mass is 317 g/mol. The van der Waals surface area contributed by atoms with Crippen LogP contribution in [-0.4, -0.2) is 36.7 Å². The molecule has 1 heterocycles. The first-order chi connectivity index (χ1) is 9.33. The molecule has 0 spiro atoms. The van der Waals surface area contributed by atoms with E-state index in [1.807, 2.05) is 4.72 Å². The highest BCUT2D eigenvalue weighted by Crippen LogP contribution is 2.37. The van der Waals surface area contributed by atoms with Gasteiger partial charge in [0.15, 0.2) is 0 Å². The van der Waals surface area contributed by atoms with Gasteiger partial charge in [-0.2, -0.15) is 13.4 Å². The van der Waals surface area contributed by atoms with Crippen LogP contribution in [0.2, 0.25) is 0 Å². The Morgan fingerprint density at radius 3 is 2.70 bits per heavy atom. The maximum atomic E-state index is 12.2. The Morgan fingerprint density at radius 1 is 1.40 bits per heavy atom. The fraction of sp³-hybridized carbons (Fsp3) is 0.300. The summed E-state index contributed by atoms with van der Waals surface area (Å²) in [4.78, 5) is 10.8. The number of fused-ring (bicyclic) bond motifs is 1. The number of hydrogen-bond acceptors (Lipinski definition) is 6. The molecular formula is C10H11N3O5S2. The number of aliphatic hydroxyl groups excluding tert-OH is 1. The Hall–Kier alpha value is -1.62. The van der Waals surface area contributed by atoms with Crippen molar-refractivity contribution in [3.63, 3.8) is 0 Å². The van der Waals surface area contributed by atoms with Crippen LogP contribution in [0.1, 0.15) is 6.92 Å². The summed E-state index contributed by atoms with van der Waals surface area (Å²) in [6.07, 6.45) is -1.38. The predicted molar refractivity (Wildman–Crippen MR) is 71.4 cm³/mol. The minimum Gasteiger partial charge on any atom is -0.480 e. The molecule has 0 unspecified atom stereocenters. The average molecular weight is 317 g/mol. The second-order valence-electron chi connectivity index (χ2n) is 4.07. The molecule has 0 aromatic heterocycles. The smallest absolute Gasteiger partial charge is 0.324 e. The van der Waals surface area contributed by atoms with Crippen LogP contribution in [0.3, 0.4) is 0 Å². The van der Waals surface area contributed by atoms with Gasteiger partial charge in [0.25, 0.3) is 0 Å². The van der Waals surface area contributed by atoms with Crippen LogP contribution in [0.15, 0.2) is 31.8 Å². The SMILES string of the molecule is C[C@@H](O)[C@H](NS(=O)(=O)c1cccc2c1N=S=N2)C(=O)O. The van der Waals surface area contributed by atoms with E-state index in [0.717, 1.165) is 11.4 Å². The van der Waals surface area contributed by atoms with Gasteiger partial charge in [0.1, 0.15) is 22.3 Å². The van der Waals surface area contributed by atoms with Crippen molar-refractivity contribution in [3.05, 3.63) is 18.2 Å². The van der Waals surface area contributed by atoms with Crippen LogP contribution in [0, 0.1) is 0 Å². The molecule has 0 saturated carbocycles. The van der Waals surface area contributed by atoms with Gasteiger partial charge in [0.2, 0.25) is 10.0 Å². The lowest BCUT2D eigenvalue weighted by Crippen LogP contribution is -2.47. The molecule has 108 valence electrons. The zero-order valence-corrected chi connectivity index (χ0v) is 11.8. The highest BCUT2D eigenvalue weighted by Gasteiger charge is 2.31. The van der Waals surface area contributed by atoms with Gasteiger partial charge < -0.3 is 10.2 Å². The van der Waals surface area contributed by atoms with E-state index < -0.39 is 28.1 Å². The topological polar surface area (TPSA) is 128 Å². The van der Waals surface area contributed by atoms with Crippen molar-refractivity contribution in [2.75, 3.05) is 0 Å². The van der Waals surface area contributed by atoms with Crippen molar-refractivity contribution in [1.29, 1.82) is 0 Å². The van der Waals surface area contributed by atoms with E-state index in [1.165, 1.54) is 19.1 Å². The molecule has 1 aromatic carbocycles. The molecule has 0 amide bonds. The second-order valence-corrected chi connectivity index (χ2v) is 6.28. The van der Waals surface area contributed by atoms with Gasteiger partial charge in [-0.1, -0.05) is 6.07 Å². The van der Waals surface area contributed by atoms with Crippen molar-refractivity contribution in [2.24, 2.45) is 8.73 Å². The summed E-state index contributed by atoms with van der Waals surface area (Å²) < 4.78 is 34.2. The molecule has 3 N–H and O–H groups in total. The largest absolute Gasteiger partial charge is 0.480 e. The minimum atomic E-state index is -4.13. The quantitative estimate of drug-likeness (QED) is 0.740. The first kappa shape index (κ1) is 14.8. The van der Waals surface area contributed by atoms with E-state index in [4.69, 9.17) is 5.11 Å². The van der Waals surface area contributed by atoms with Gasteiger partial charge in [-0.25, -0.2) is 8.42 Å². The van der Waals surface area contributed by atoms with Crippen molar-refractivity contribution < 1.29 is 23.4 Å². The molecule has 0 radical (unpaired) electrons. The van der Waals surface area contributed by atoms with E-state index >= 15 is 0 Å². The van der Waals surface area contributed by atoms with Crippen LogP contribution >= 0.6 is 0 Å². The number of carbonyl (C=O) groups is 1. The third-order valence-electron chi connectivity index (χ3n) is 2.57. The van der Waals surface area contributed by atoms with Crippen molar-refractivity contribution in [1.82, 2.24) is 4.72 Å². The molecule has 0 bridgehead atoms. The molecule has 1 aromatic rings. The van der Waals surface area contributed by atoms with Crippen LogP contribution in [0.4, 0.5) is 11.4 Å². The van der Waals surface area contributed by atoms with E-state index in [-0.39, 0.29) is 10.6 Å². The van der Waals surface area contributed by atoms with Gasteiger partial charge in [0, 0.05) is 0 Å². The summed E-state index contributed by atoms with van der Waals surface area (Å²) in [7, 11) is -4.13. The summed E-state index contributed by atoms with van der Waals surface area (Å²) in [5, 5.41) is 18.2. The molecule has 0 fully saturated rings. The maximum absolute atomic E-state index is 12.2. The fourth-order valence-electron chi connectivity index (χ4n) is 1.58. The lowest BCUT2D eigenvalue weighted by Gasteiger charge is -2.17. The third kappa shape index (κ3) is 2.77. The van der Waals surface area contributed by atoms with Crippen molar-refractivity contribution in [3.8, 4) is 0 Å². The number of aliphatic carboxylic acids is 1. The van der Waals surface area contributed by atoms with Gasteiger partial charge in [-0.3, -0.25) is 4.79 Å². The van der Waals surface area contributed by atoms with Crippen LogP contribution in [-0.2, 0) is 26.2 Å². The third-order valence-corrected chi connectivity index (χ3v) is 4.58. The number of rotatable bonds is 5. The van der Waals surface area contributed by atoms with Gasteiger partial charge in [-0.15, -0.1) is 0 Å². The summed E-state index contributed by atoms with van der Waals surface area (Å²) in [5.74, 6) is -1.47. The molecule has 20 heavy (non-hydrogen) atoms. The molecule has 1 aliphatic rings. The number of sulfonamides is 1. The average Bonchev–Trinajstić information content (AvgIpc) is 2.83. The Kier molecular flexibility index (Phi) is 3.99. The molecule has 0 saturated heterocycles. The van der Waals surface area contributed by atoms with E-state index in [0.29, 0.717) is 5.69 Å². The zero-order valence-electron chi connectivity index (χ0n) is 10.2. The van der Waals surface area contributed by atoms with Crippen molar-refractivity contribution >= 4 is 38.7 Å². The molecule has 8 nitrogen and oxygen atoms in total. The molecular weight excluding hydrogens is 306 g/mol. The number of aliphatic hydroxyl groups is 1. The summed E-state index contributed by atoms with van der Waals surface area (Å²) in [6.45, 7) is 1.19. The number of carboxylic acids is 1. The van der Waals surface area contributed by atoms with Crippen LogP contribution in [0.5, 0.6) is 0 Å². The first-order valence-corrected chi connectivity index (χ1v) is 7.69. The maximum Gasteiger partial charge on any atom is 0.324 e. The van der Waals surface area contributed by atoms with Crippen LogP contribution < -0.4 is 4.72 Å². The number of benzene rings is 1. The Balaban J connectivity index is 2.40. The van der Waals surface area contributed by atoms with Gasteiger partial charge in [0.05, 0.1) is 17.5 Å². The highest BCUT2D eigenvalue weighted by atomic mass is 32.2. The number of hydrogen-bond donors (Lipinski definition) is 3. The normalized spacial score (nSPS) is 16.3. The molecule has 10 heteroatoms. The van der Waals surface area contributed by atoms with E-state index in [2.05, 4.69) is 8.73 Å². The predicted octanol–water partition coefficient (Wildman–Crippen LogP) is 0.525. The number of carboxylic acid groups (broad SMARTS) is 1. The zero-order chi connectivity index (χ0) is 14.9. The fourth-order valence-corrected chi connectivity index (χ4v) is 3.61. The highest BCUT2D eigenvalue weighted by molar-refractivity contribution is 7.89. The summed E-state index contributed by atoms with van der Waals surface area (Å²) in [6, 6.07) is 2.74. The van der Waals surface area contributed by atoms with E-state index in [1.54, 1.807) is 6.07 Å². The molecule has 1 aliphatic heterocycles. The standard InChI is InChI=1S/C10H11N3O5S2/c1-5(14)8(10(15)16)13-20(17,18)7-4-2-3-6-9(7)12-19-11-6/h2-5,8,13-14H,1H3,(H,15,16)/t5-,8+/m1/s1. The number of nitrogens with one attached hydrogen (secondary N) is 1. The Labute approximate surface area is 118 Å². The Bertz CT molecular complexity index is 722. The van der Waals surface area contributed by atoms with Gasteiger partial charge in [-0.05, 0) is 19.1 Å².